The molecule has 4 aromatic rings. The van der Waals surface area contributed by atoms with E-state index in [2.05, 4.69) is 15.5 Å². The van der Waals surface area contributed by atoms with Crippen LogP contribution in [-0.4, -0.2) is 16.1 Å². The van der Waals surface area contributed by atoms with Crippen LogP contribution in [0.4, 0.5) is 11.4 Å². The molecule has 0 unspecified atom stereocenters. The fraction of sp³-hybridized carbons (Fsp3) is 0. The molecular weight excluding hydrogens is 372 g/mol. The van der Waals surface area contributed by atoms with Crippen LogP contribution in [0.5, 0.6) is 0 Å². The highest BCUT2D eigenvalue weighted by Crippen LogP contribution is 2.24. The summed E-state index contributed by atoms with van der Waals surface area (Å²) >= 11 is 6.15. The smallest absolute Gasteiger partial charge is 0.257 e. The number of rotatable bonds is 4. The highest BCUT2D eigenvalue weighted by molar-refractivity contribution is 6.34. The molecule has 3 aromatic carbocycles. The number of carbonyl (C=O) groups is 1. The van der Waals surface area contributed by atoms with Gasteiger partial charge >= 0.3 is 0 Å². The van der Waals surface area contributed by atoms with Crippen LogP contribution < -0.4 is 11.1 Å². The second-order valence-corrected chi connectivity index (χ2v) is 6.68. The van der Waals surface area contributed by atoms with Crippen molar-refractivity contribution in [3.8, 4) is 0 Å². The number of hydrogen-bond acceptors (Lipinski definition) is 3. The van der Waals surface area contributed by atoms with E-state index >= 15 is 0 Å². The average Bonchev–Trinajstić information content (AvgIpc) is 3.10. The number of nitrogens with two attached hydrogens (primary N) is 1. The van der Waals surface area contributed by atoms with Crippen molar-refractivity contribution in [1.29, 1.82) is 0 Å². The van der Waals surface area contributed by atoms with E-state index in [1.165, 1.54) is 0 Å². The highest BCUT2D eigenvalue weighted by atomic mass is 35.5. The number of carbonyl (C=O) groups excluding carboxylic acids is 1. The lowest BCUT2D eigenvalue weighted by Gasteiger charge is -2.10. The number of aromatic nitrogens is 2. The van der Waals surface area contributed by atoms with Gasteiger partial charge in [0.15, 0.2) is 0 Å². The van der Waals surface area contributed by atoms with Crippen molar-refractivity contribution < 1.29 is 4.79 Å². The van der Waals surface area contributed by atoms with Gasteiger partial charge in [0.05, 0.1) is 21.8 Å². The summed E-state index contributed by atoms with van der Waals surface area (Å²) in [7, 11) is 0. The monoisotopic (exact) mass is 388 g/mol. The summed E-state index contributed by atoms with van der Waals surface area (Å²) in [6.45, 7) is 0. The van der Waals surface area contributed by atoms with Crippen LogP contribution in [0.15, 0.2) is 66.7 Å². The minimum absolute atomic E-state index is 0.295. The molecule has 0 atom stereocenters. The molecule has 0 saturated carbocycles. The van der Waals surface area contributed by atoms with Gasteiger partial charge in [-0.1, -0.05) is 54.1 Å². The SMILES string of the molecule is Nc1ccc(C(=O)Nc2ccccc2/C=C/c2n[nH]c3ccccc23)c(Cl)c1. The van der Waals surface area contributed by atoms with Crippen LogP contribution in [0.25, 0.3) is 23.1 Å². The molecule has 0 fully saturated rings. The number of nitrogens with one attached hydrogen (secondary N) is 2. The first-order valence-electron chi connectivity index (χ1n) is 8.68. The van der Waals surface area contributed by atoms with E-state index in [0.717, 1.165) is 22.2 Å². The summed E-state index contributed by atoms with van der Waals surface area (Å²) in [6.07, 6.45) is 3.84. The van der Waals surface area contributed by atoms with E-state index in [4.69, 9.17) is 17.3 Å². The zero-order valence-electron chi connectivity index (χ0n) is 14.8. The number of hydrogen-bond donors (Lipinski definition) is 3. The van der Waals surface area contributed by atoms with Gasteiger partial charge in [-0.3, -0.25) is 9.89 Å². The van der Waals surface area contributed by atoms with Crippen LogP contribution in [0, 0.1) is 0 Å². The van der Waals surface area contributed by atoms with E-state index in [9.17, 15) is 4.79 Å². The molecule has 28 heavy (non-hydrogen) atoms. The molecule has 1 heterocycles. The maximum atomic E-state index is 12.6. The maximum absolute atomic E-state index is 12.6. The summed E-state index contributed by atoms with van der Waals surface area (Å²) in [5.41, 5.74) is 9.91. The van der Waals surface area contributed by atoms with Crippen molar-refractivity contribution in [1.82, 2.24) is 10.2 Å². The summed E-state index contributed by atoms with van der Waals surface area (Å²) in [4.78, 5) is 12.6. The first-order chi connectivity index (χ1) is 13.6. The van der Waals surface area contributed by atoms with Crippen LogP contribution >= 0.6 is 11.6 Å². The molecule has 0 aliphatic heterocycles. The molecule has 0 aliphatic rings. The second-order valence-electron chi connectivity index (χ2n) is 6.27. The quantitative estimate of drug-likeness (QED) is 0.419. The summed E-state index contributed by atoms with van der Waals surface area (Å²) in [5, 5.41) is 11.6. The Labute approximate surface area is 166 Å². The molecular formula is C22H17ClN4O. The Bertz CT molecular complexity index is 1200. The van der Waals surface area contributed by atoms with Crippen molar-refractivity contribution in [2.45, 2.75) is 0 Å². The second kappa shape index (κ2) is 7.58. The highest BCUT2D eigenvalue weighted by Gasteiger charge is 2.12. The Morgan fingerprint density at radius 2 is 1.82 bits per heavy atom. The third kappa shape index (κ3) is 3.61. The molecule has 1 aromatic heterocycles. The van der Waals surface area contributed by atoms with E-state index in [0.29, 0.717) is 22.0 Å². The van der Waals surface area contributed by atoms with Crippen LogP contribution in [0.3, 0.4) is 0 Å². The first kappa shape index (κ1) is 17.8. The minimum Gasteiger partial charge on any atom is -0.399 e. The molecule has 1 amide bonds. The summed E-state index contributed by atoms with van der Waals surface area (Å²) in [5.74, 6) is -0.295. The van der Waals surface area contributed by atoms with Crippen LogP contribution in [-0.2, 0) is 0 Å². The van der Waals surface area contributed by atoms with Gasteiger partial charge in [0.1, 0.15) is 0 Å². The van der Waals surface area contributed by atoms with Crippen LogP contribution in [0.1, 0.15) is 21.6 Å². The Hall–Kier alpha value is -3.57. The number of benzene rings is 3. The lowest BCUT2D eigenvalue weighted by atomic mass is 10.1. The molecule has 4 N–H and O–H groups in total. The molecule has 6 heteroatoms. The van der Waals surface area contributed by atoms with Crippen LogP contribution in [0.2, 0.25) is 5.02 Å². The van der Waals surface area contributed by atoms with Crippen molar-refractivity contribution >= 4 is 51.9 Å². The fourth-order valence-corrected chi connectivity index (χ4v) is 3.22. The molecule has 4 rings (SSSR count). The van der Waals surface area contributed by atoms with Gasteiger partial charge in [-0.05, 0) is 42.0 Å². The molecule has 0 saturated heterocycles. The largest absolute Gasteiger partial charge is 0.399 e. The number of anilines is 2. The molecule has 0 bridgehead atoms. The van der Waals surface area contributed by atoms with Crippen molar-refractivity contribution in [3.63, 3.8) is 0 Å². The van der Waals surface area contributed by atoms with Crippen molar-refractivity contribution in [2.75, 3.05) is 11.1 Å². The number of para-hydroxylation sites is 2. The lowest BCUT2D eigenvalue weighted by molar-refractivity contribution is 0.102. The fourth-order valence-electron chi connectivity index (χ4n) is 2.94. The third-order valence-corrected chi connectivity index (χ3v) is 4.68. The van der Waals surface area contributed by atoms with Gasteiger partial charge in [0.25, 0.3) is 5.91 Å². The predicted octanol–water partition coefficient (Wildman–Crippen LogP) is 5.22. The van der Waals surface area contributed by atoms with Gasteiger partial charge in [-0.25, -0.2) is 0 Å². The first-order valence-corrected chi connectivity index (χ1v) is 9.06. The average molecular weight is 389 g/mol. The van der Waals surface area contributed by atoms with E-state index in [1.807, 2.05) is 60.7 Å². The number of H-pyrrole nitrogens is 1. The van der Waals surface area contributed by atoms with Crippen molar-refractivity contribution in [3.05, 3.63) is 88.6 Å². The lowest BCUT2D eigenvalue weighted by Crippen LogP contribution is -2.13. The number of nitrogen functional groups attached to an aromatic ring is 1. The Morgan fingerprint density at radius 3 is 2.68 bits per heavy atom. The topological polar surface area (TPSA) is 83.8 Å². The predicted molar refractivity (Wildman–Crippen MR) is 115 cm³/mol. The van der Waals surface area contributed by atoms with Gasteiger partial charge in [0, 0.05) is 16.8 Å². The zero-order chi connectivity index (χ0) is 19.5. The van der Waals surface area contributed by atoms with Gasteiger partial charge < -0.3 is 11.1 Å². The number of amides is 1. The molecule has 0 spiro atoms. The number of halogens is 1. The Morgan fingerprint density at radius 1 is 1.04 bits per heavy atom. The van der Waals surface area contributed by atoms with E-state index in [-0.39, 0.29) is 5.91 Å². The minimum atomic E-state index is -0.295. The molecule has 0 aliphatic carbocycles. The van der Waals surface area contributed by atoms with Gasteiger partial charge in [-0.15, -0.1) is 0 Å². The summed E-state index contributed by atoms with van der Waals surface area (Å²) < 4.78 is 0. The third-order valence-electron chi connectivity index (χ3n) is 4.37. The Balaban J connectivity index is 1.61. The summed E-state index contributed by atoms with van der Waals surface area (Å²) in [6, 6.07) is 20.3. The van der Waals surface area contributed by atoms with E-state index < -0.39 is 0 Å². The maximum Gasteiger partial charge on any atom is 0.257 e. The van der Waals surface area contributed by atoms with Gasteiger partial charge in [-0.2, -0.15) is 5.10 Å². The normalized spacial score (nSPS) is 11.2. The van der Waals surface area contributed by atoms with E-state index in [1.54, 1.807) is 18.2 Å². The van der Waals surface area contributed by atoms with Gasteiger partial charge in [0.2, 0.25) is 0 Å². The molecule has 5 nitrogen and oxygen atoms in total. The number of aromatic amines is 1. The number of nitrogens with zero attached hydrogens (tertiary/aromatic N) is 1. The molecule has 138 valence electrons. The Kier molecular flexibility index (Phi) is 4.83. The number of fused-ring (bicyclic) bond motifs is 1. The standard InChI is InChI=1S/C22H17ClN4O/c23-18-13-15(24)10-11-16(18)22(28)25-19-7-3-1-5-14(19)9-12-21-17-6-2-4-8-20(17)26-27-21/h1-13H,24H2,(H,25,28)(H,26,27)/b12-9+. The molecule has 0 radical (unpaired) electrons. The van der Waals surface area contributed by atoms with Crippen molar-refractivity contribution in [2.24, 2.45) is 0 Å². The zero-order valence-corrected chi connectivity index (χ0v) is 15.6.